The zero-order valence-corrected chi connectivity index (χ0v) is 25.2. The molecule has 0 bridgehead atoms. The van der Waals surface area contributed by atoms with Gasteiger partial charge in [0.2, 0.25) is 27.7 Å². The molecule has 220 valence electrons. The average molecular weight is 624 g/mol. The maximum absolute atomic E-state index is 14.3. The number of rotatable bonds is 8. The lowest BCUT2D eigenvalue weighted by Gasteiger charge is -2.54. The molecule has 1 N–H and O–H groups in total. The summed E-state index contributed by atoms with van der Waals surface area (Å²) in [6.45, 7) is 3.35. The van der Waals surface area contributed by atoms with Crippen LogP contribution in [0.4, 0.5) is 0 Å². The molecule has 2 heterocycles. The predicted molar refractivity (Wildman–Crippen MR) is 153 cm³/mol. The summed E-state index contributed by atoms with van der Waals surface area (Å²) in [5, 5.41) is 3.48. The topological polar surface area (TPSA) is 116 Å². The van der Waals surface area contributed by atoms with Crippen molar-refractivity contribution in [1.29, 1.82) is 0 Å². The van der Waals surface area contributed by atoms with E-state index in [1.165, 1.54) is 34.5 Å². The minimum absolute atomic E-state index is 0.0369. The van der Waals surface area contributed by atoms with E-state index in [4.69, 9.17) is 27.9 Å². The van der Waals surface area contributed by atoms with Gasteiger partial charge in [0.25, 0.3) is 0 Å². The lowest BCUT2D eigenvalue weighted by Crippen LogP contribution is -2.76. The van der Waals surface area contributed by atoms with Gasteiger partial charge in [-0.15, -0.1) is 0 Å². The summed E-state index contributed by atoms with van der Waals surface area (Å²) in [5.74, 6) is -1.22. The van der Waals surface area contributed by atoms with E-state index in [9.17, 15) is 22.8 Å². The normalized spacial score (nSPS) is 23.5. The Morgan fingerprint density at radius 1 is 1.02 bits per heavy atom. The highest BCUT2D eigenvalue weighted by molar-refractivity contribution is 7.89. The van der Waals surface area contributed by atoms with Crippen molar-refractivity contribution in [2.45, 2.75) is 62.3 Å². The molecule has 10 nitrogen and oxygen atoms in total. The van der Waals surface area contributed by atoms with Crippen LogP contribution in [0.1, 0.15) is 32.3 Å². The van der Waals surface area contributed by atoms with Gasteiger partial charge < -0.3 is 19.9 Å². The molecule has 3 unspecified atom stereocenters. The first-order chi connectivity index (χ1) is 19.4. The smallest absolute Gasteiger partial charge is 0.248 e. The van der Waals surface area contributed by atoms with Crippen LogP contribution in [-0.2, 0) is 30.8 Å². The van der Waals surface area contributed by atoms with Crippen LogP contribution in [0, 0.1) is 5.92 Å². The van der Waals surface area contributed by atoms with E-state index in [0.29, 0.717) is 17.9 Å². The van der Waals surface area contributed by atoms with Crippen molar-refractivity contribution in [3.8, 4) is 5.75 Å². The first-order valence-electron chi connectivity index (χ1n) is 13.4. The molecule has 0 aromatic heterocycles. The number of sulfonamides is 1. The molecule has 0 radical (unpaired) electrons. The number of ether oxygens (including phenoxy) is 1. The van der Waals surface area contributed by atoms with Crippen LogP contribution < -0.4 is 10.1 Å². The zero-order chi connectivity index (χ0) is 29.6. The first-order valence-corrected chi connectivity index (χ1v) is 15.6. The number of benzene rings is 2. The van der Waals surface area contributed by atoms with Crippen molar-refractivity contribution in [3.63, 3.8) is 0 Å². The summed E-state index contributed by atoms with van der Waals surface area (Å²) in [7, 11) is -2.98. The summed E-state index contributed by atoms with van der Waals surface area (Å²) >= 11 is 12.3. The predicted octanol–water partition coefficient (Wildman–Crippen LogP) is 2.92. The molecule has 0 spiro atoms. The molecule has 3 atom stereocenters. The second kappa shape index (κ2) is 11.4. The van der Waals surface area contributed by atoms with E-state index in [2.05, 4.69) is 5.32 Å². The lowest BCUT2D eigenvalue weighted by molar-refractivity contribution is -0.169. The van der Waals surface area contributed by atoms with E-state index < -0.39 is 34.2 Å². The Morgan fingerprint density at radius 3 is 2.29 bits per heavy atom. The lowest BCUT2D eigenvalue weighted by atomic mass is 9.96. The summed E-state index contributed by atoms with van der Waals surface area (Å²) in [6.07, 6.45) is 0.533. The molecular weight excluding hydrogens is 591 g/mol. The van der Waals surface area contributed by atoms with Gasteiger partial charge in [-0.25, -0.2) is 8.42 Å². The van der Waals surface area contributed by atoms with Crippen LogP contribution in [0.25, 0.3) is 0 Å². The van der Waals surface area contributed by atoms with E-state index in [1.54, 1.807) is 29.2 Å². The number of carbonyl (C=O) groups excluding carboxylic acids is 3. The van der Waals surface area contributed by atoms with E-state index >= 15 is 0 Å². The van der Waals surface area contributed by atoms with Crippen molar-refractivity contribution in [3.05, 3.63) is 58.1 Å². The van der Waals surface area contributed by atoms with Crippen molar-refractivity contribution in [1.82, 2.24) is 19.4 Å². The summed E-state index contributed by atoms with van der Waals surface area (Å²) in [4.78, 5) is 43.5. The second-order valence-corrected chi connectivity index (χ2v) is 13.6. The number of methoxy groups -OCH3 is 1. The molecule has 1 saturated carbocycles. The minimum Gasteiger partial charge on any atom is -0.495 e. The van der Waals surface area contributed by atoms with Crippen LogP contribution in [0.2, 0.25) is 10.0 Å². The molecule has 5 rings (SSSR count). The molecule has 3 fully saturated rings. The second-order valence-electron chi connectivity index (χ2n) is 10.9. The van der Waals surface area contributed by atoms with E-state index in [-0.39, 0.29) is 59.0 Å². The maximum Gasteiger partial charge on any atom is 0.248 e. The number of nitrogens with zero attached hydrogens (tertiary/aromatic N) is 3. The number of nitrogens with one attached hydrogen (secondary N) is 1. The van der Waals surface area contributed by atoms with Crippen LogP contribution in [0.5, 0.6) is 5.75 Å². The van der Waals surface area contributed by atoms with Gasteiger partial charge in [0.15, 0.2) is 0 Å². The average Bonchev–Trinajstić information content (AvgIpc) is 3.78. The Bertz CT molecular complexity index is 1460. The van der Waals surface area contributed by atoms with Gasteiger partial charge in [0.1, 0.15) is 28.9 Å². The number of amides is 3. The molecule has 41 heavy (non-hydrogen) atoms. The van der Waals surface area contributed by atoms with Crippen molar-refractivity contribution in [2.24, 2.45) is 5.92 Å². The van der Waals surface area contributed by atoms with Crippen LogP contribution in [0.15, 0.2) is 47.4 Å². The number of piperazine rings is 1. The fourth-order valence-electron chi connectivity index (χ4n) is 5.44. The third kappa shape index (κ3) is 5.77. The SMILES string of the molecule is COc1ccc(Cl)cc1S(=O)(=O)N1CC(NC(=O)C2CC2)C(=O)N2C(Cc3ccc(Cl)cc3)C(=O)N(C(C)C)CC21. The molecule has 2 saturated heterocycles. The van der Waals surface area contributed by atoms with Crippen LogP contribution >= 0.6 is 23.2 Å². The highest BCUT2D eigenvalue weighted by Crippen LogP contribution is 2.36. The molecule has 2 aromatic rings. The molecule has 1 aliphatic carbocycles. The Kier molecular flexibility index (Phi) is 8.26. The Hall–Kier alpha value is -2.86. The molecule has 2 aliphatic heterocycles. The van der Waals surface area contributed by atoms with Gasteiger partial charge in [0.05, 0.1) is 13.7 Å². The third-order valence-electron chi connectivity index (χ3n) is 7.78. The molecule has 3 aliphatic rings. The molecule has 13 heteroatoms. The number of hydrogen-bond donors (Lipinski definition) is 1. The van der Waals surface area contributed by atoms with Crippen molar-refractivity contribution < 1.29 is 27.5 Å². The highest BCUT2D eigenvalue weighted by Gasteiger charge is 2.55. The zero-order valence-electron chi connectivity index (χ0n) is 22.9. The van der Waals surface area contributed by atoms with Gasteiger partial charge in [-0.05, 0) is 62.6 Å². The monoisotopic (exact) mass is 622 g/mol. The fourth-order valence-corrected chi connectivity index (χ4v) is 7.57. The van der Waals surface area contributed by atoms with Crippen molar-refractivity contribution >= 4 is 50.9 Å². The van der Waals surface area contributed by atoms with Crippen LogP contribution in [0.3, 0.4) is 0 Å². The largest absolute Gasteiger partial charge is 0.495 e. The number of carbonyl (C=O) groups is 3. The molecular formula is C28H32Cl2N4O6S. The van der Waals surface area contributed by atoms with E-state index in [0.717, 1.165) is 5.56 Å². The summed E-state index contributed by atoms with van der Waals surface area (Å²) < 4.78 is 35.2. The first kappa shape index (κ1) is 29.6. The fraction of sp³-hybridized carbons (Fsp3) is 0.464. The Labute approximate surface area is 249 Å². The summed E-state index contributed by atoms with van der Waals surface area (Å²) in [5.41, 5.74) is 0.750. The third-order valence-corrected chi connectivity index (χ3v) is 10.1. The van der Waals surface area contributed by atoms with Gasteiger partial charge >= 0.3 is 0 Å². The molecule has 3 amide bonds. The van der Waals surface area contributed by atoms with Gasteiger partial charge in [-0.2, -0.15) is 4.31 Å². The number of halogens is 2. The molecule has 2 aromatic carbocycles. The quantitative estimate of drug-likeness (QED) is 0.484. The summed E-state index contributed by atoms with van der Waals surface area (Å²) in [6, 6.07) is 8.76. The number of hydrogen-bond acceptors (Lipinski definition) is 6. The van der Waals surface area contributed by atoms with Crippen LogP contribution in [-0.4, -0.2) is 84.7 Å². The highest BCUT2D eigenvalue weighted by atomic mass is 35.5. The Balaban J connectivity index is 1.62. The van der Waals surface area contributed by atoms with Crippen molar-refractivity contribution in [2.75, 3.05) is 20.2 Å². The standard InChI is InChI=1S/C28H32Cl2N4O6S/c1-16(2)32-15-25-33(41(38,39)24-13-20(30)10-11-23(24)40-3)14-21(31-26(35)18-6-7-18)27(36)34(25)22(28(32)37)12-17-4-8-19(29)9-5-17/h4-5,8-11,13,16,18,21-22,25H,6-7,12,14-15H2,1-3H3,(H,31,35). The Morgan fingerprint density at radius 2 is 1.68 bits per heavy atom. The minimum atomic E-state index is -4.34. The maximum atomic E-state index is 14.3. The van der Waals surface area contributed by atoms with Gasteiger partial charge in [0, 0.05) is 35.0 Å². The van der Waals surface area contributed by atoms with Gasteiger partial charge in [-0.1, -0.05) is 35.3 Å². The number of fused-ring (bicyclic) bond motifs is 1. The van der Waals surface area contributed by atoms with Gasteiger partial charge in [-0.3, -0.25) is 14.4 Å². The van der Waals surface area contributed by atoms with E-state index in [1.807, 2.05) is 13.8 Å².